The molecule has 0 radical (unpaired) electrons. The lowest BCUT2D eigenvalue weighted by Crippen LogP contribution is -2.35. The summed E-state index contributed by atoms with van der Waals surface area (Å²) in [5.74, 6) is -0.528. The molecule has 0 saturated carbocycles. The van der Waals surface area contributed by atoms with Crippen LogP contribution < -0.4 is 11.1 Å². The molecule has 0 aromatic heterocycles. The summed E-state index contributed by atoms with van der Waals surface area (Å²) >= 11 is 5.72. The lowest BCUT2D eigenvalue weighted by Gasteiger charge is -2.10. The van der Waals surface area contributed by atoms with Gasteiger partial charge < -0.3 is 11.1 Å². The van der Waals surface area contributed by atoms with E-state index in [1.165, 1.54) is 24.3 Å². The lowest BCUT2D eigenvalue weighted by atomic mass is 10.2. The van der Waals surface area contributed by atoms with Crippen LogP contribution in [-0.2, 0) is 4.79 Å². The van der Waals surface area contributed by atoms with Crippen molar-refractivity contribution in [2.75, 3.05) is 5.32 Å². The van der Waals surface area contributed by atoms with Gasteiger partial charge in [0.25, 0.3) is 5.69 Å². The molecule has 1 unspecified atom stereocenters. The molecule has 0 bridgehead atoms. The quantitative estimate of drug-likeness (QED) is 0.486. The van der Waals surface area contributed by atoms with Crippen LogP contribution in [0.2, 0.25) is 5.02 Å². The molecule has 1 rings (SSSR count). The van der Waals surface area contributed by atoms with Gasteiger partial charge in [-0.1, -0.05) is 17.7 Å². The Bertz CT molecular complexity index is 490. The second-order valence-corrected chi connectivity index (χ2v) is 3.98. The van der Waals surface area contributed by atoms with Gasteiger partial charge in [0.05, 0.1) is 11.0 Å². The maximum atomic E-state index is 11.6. The summed E-state index contributed by atoms with van der Waals surface area (Å²) in [5.41, 5.74) is 5.34. The molecule has 18 heavy (non-hydrogen) atoms. The zero-order valence-electron chi connectivity index (χ0n) is 9.43. The molecule has 7 heteroatoms. The van der Waals surface area contributed by atoms with Crippen molar-refractivity contribution < 1.29 is 9.72 Å². The molecule has 1 aromatic rings. The average molecular weight is 270 g/mol. The monoisotopic (exact) mass is 269 g/mol. The van der Waals surface area contributed by atoms with Crippen LogP contribution in [0.1, 0.15) is 6.42 Å². The van der Waals surface area contributed by atoms with E-state index in [-0.39, 0.29) is 22.8 Å². The molecule has 0 heterocycles. The number of halogens is 1. The van der Waals surface area contributed by atoms with Gasteiger partial charge in [-0.05, 0) is 18.6 Å². The van der Waals surface area contributed by atoms with Gasteiger partial charge in [-0.15, -0.1) is 6.58 Å². The van der Waals surface area contributed by atoms with Crippen LogP contribution in [0.4, 0.5) is 11.4 Å². The predicted octanol–water partition coefficient (Wildman–Crippen LogP) is 2.09. The van der Waals surface area contributed by atoms with Gasteiger partial charge in [-0.2, -0.15) is 0 Å². The van der Waals surface area contributed by atoms with Crippen molar-refractivity contribution in [2.24, 2.45) is 5.73 Å². The third-order valence-corrected chi connectivity index (χ3v) is 2.41. The summed E-state index contributed by atoms with van der Waals surface area (Å²) in [6, 6.07) is 3.09. The Kier molecular flexibility index (Phi) is 4.82. The minimum Gasteiger partial charge on any atom is -0.320 e. The summed E-state index contributed by atoms with van der Waals surface area (Å²) in [6.45, 7) is 3.46. The number of hydrogen-bond donors (Lipinski definition) is 2. The summed E-state index contributed by atoms with van der Waals surface area (Å²) in [6.07, 6.45) is 1.77. The summed E-state index contributed by atoms with van der Waals surface area (Å²) < 4.78 is 0. The third-order valence-electron chi connectivity index (χ3n) is 2.17. The zero-order chi connectivity index (χ0) is 13.7. The highest BCUT2D eigenvalue weighted by molar-refractivity contribution is 6.31. The number of nitrogens with two attached hydrogens (primary N) is 1. The van der Waals surface area contributed by atoms with Gasteiger partial charge in [0, 0.05) is 11.1 Å². The molecule has 6 nitrogen and oxygen atoms in total. The fourth-order valence-electron chi connectivity index (χ4n) is 1.28. The summed E-state index contributed by atoms with van der Waals surface area (Å²) in [7, 11) is 0. The van der Waals surface area contributed by atoms with Gasteiger partial charge in [0.15, 0.2) is 0 Å². The highest BCUT2D eigenvalue weighted by Gasteiger charge is 2.19. The van der Waals surface area contributed by atoms with Crippen LogP contribution in [0.25, 0.3) is 0 Å². The van der Waals surface area contributed by atoms with Gasteiger partial charge in [-0.25, -0.2) is 0 Å². The first-order valence-electron chi connectivity index (χ1n) is 5.07. The van der Waals surface area contributed by atoms with Crippen LogP contribution in [0.3, 0.4) is 0 Å². The van der Waals surface area contributed by atoms with Crippen molar-refractivity contribution in [1.29, 1.82) is 0 Å². The largest absolute Gasteiger partial charge is 0.320 e. The van der Waals surface area contributed by atoms with Gasteiger partial charge in [0.2, 0.25) is 5.91 Å². The Morgan fingerprint density at radius 3 is 2.89 bits per heavy atom. The van der Waals surface area contributed by atoms with Gasteiger partial charge in [0.1, 0.15) is 5.69 Å². The van der Waals surface area contributed by atoms with Crippen LogP contribution >= 0.6 is 11.6 Å². The Labute approximate surface area is 109 Å². The fraction of sp³-hybridized carbons (Fsp3) is 0.182. The minimum absolute atomic E-state index is 0.0250. The number of anilines is 1. The van der Waals surface area contributed by atoms with Crippen molar-refractivity contribution in [3.63, 3.8) is 0 Å². The van der Waals surface area contributed by atoms with Gasteiger partial charge in [-0.3, -0.25) is 14.9 Å². The molecule has 0 saturated heterocycles. The van der Waals surface area contributed by atoms with Crippen LogP contribution in [-0.4, -0.2) is 16.9 Å². The Morgan fingerprint density at radius 2 is 2.33 bits per heavy atom. The Hall–Kier alpha value is -1.92. The number of carbonyl (C=O) groups is 1. The lowest BCUT2D eigenvalue weighted by molar-refractivity contribution is -0.383. The number of nitro groups is 1. The molecule has 1 aromatic carbocycles. The Balaban J connectivity index is 2.95. The fourth-order valence-corrected chi connectivity index (χ4v) is 1.45. The summed E-state index contributed by atoms with van der Waals surface area (Å²) in [5, 5.41) is 13.4. The molecule has 0 aliphatic carbocycles. The van der Waals surface area contributed by atoms with Crippen molar-refractivity contribution >= 4 is 28.9 Å². The van der Waals surface area contributed by atoms with Crippen molar-refractivity contribution in [3.8, 4) is 0 Å². The minimum atomic E-state index is -0.805. The van der Waals surface area contributed by atoms with E-state index < -0.39 is 16.9 Å². The van der Waals surface area contributed by atoms with E-state index in [1.54, 1.807) is 0 Å². The molecule has 0 spiro atoms. The molecular formula is C11H12ClN3O3. The van der Waals surface area contributed by atoms with Gasteiger partial charge >= 0.3 is 0 Å². The van der Waals surface area contributed by atoms with E-state index >= 15 is 0 Å². The number of nitro benzene ring substituents is 1. The van der Waals surface area contributed by atoms with Crippen LogP contribution in [0, 0.1) is 10.1 Å². The van der Waals surface area contributed by atoms with Crippen LogP contribution in [0.5, 0.6) is 0 Å². The molecule has 0 fully saturated rings. The predicted molar refractivity (Wildman–Crippen MR) is 69.5 cm³/mol. The maximum Gasteiger partial charge on any atom is 0.292 e. The van der Waals surface area contributed by atoms with Crippen molar-refractivity contribution in [2.45, 2.75) is 12.5 Å². The molecule has 1 atom stereocenters. The van der Waals surface area contributed by atoms with E-state index in [4.69, 9.17) is 17.3 Å². The van der Waals surface area contributed by atoms with E-state index in [9.17, 15) is 14.9 Å². The first kappa shape index (κ1) is 14.1. The standard InChI is InChI=1S/C11H12ClN3O3/c1-2-3-8(13)11(16)14-9-6-7(12)4-5-10(9)15(17)18/h2,4-6,8H,1,3,13H2,(H,14,16). The van der Waals surface area contributed by atoms with E-state index in [2.05, 4.69) is 11.9 Å². The van der Waals surface area contributed by atoms with Crippen LogP contribution in [0.15, 0.2) is 30.9 Å². The summed E-state index contributed by atoms with van der Waals surface area (Å²) in [4.78, 5) is 21.8. The number of hydrogen-bond acceptors (Lipinski definition) is 4. The second kappa shape index (κ2) is 6.13. The SMILES string of the molecule is C=CCC(N)C(=O)Nc1cc(Cl)ccc1[N+](=O)[O-]. The van der Waals surface area contributed by atoms with E-state index in [1.807, 2.05) is 0 Å². The normalized spacial score (nSPS) is 11.7. The van der Waals surface area contributed by atoms with E-state index in [0.717, 1.165) is 0 Å². The number of amides is 1. The number of benzene rings is 1. The molecular weight excluding hydrogens is 258 g/mol. The van der Waals surface area contributed by atoms with Crippen molar-refractivity contribution in [3.05, 3.63) is 46.0 Å². The number of rotatable bonds is 5. The molecule has 0 aliphatic rings. The van der Waals surface area contributed by atoms with E-state index in [0.29, 0.717) is 0 Å². The first-order valence-corrected chi connectivity index (χ1v) is 5.44. The highest BCUT2D eigenvalue weighted by Crippen LogP contribution is 2.27. The highest BCUT2D eigenvalue weighted by atomic mass is 35.5. The second-order valence-electron chi connectivity index (χ2n) is 3.54. The average Bonchev–Trinajstić information content (AvgIpc) is 2.28. The Morgan fingerprint density at radius 1 is 1.67 bits per heavy atom. The number of nitrogens with zero attached hydrogens (tertiary/aromatic N) is 1. The van der Waals surface area contributed by atoms with Crippen molar-refractivity contribution in [1.82, 2.24) is 0 Å². The maximum absolute atomic E-state index is 11.6. The number of nitrogens with one attached hydrogen (secondary N) is 1. The zero-order valence-corrected chi connectivity index (χ0v) is 10.2. The number of carbonyl (C=O) groups excluding carboxylic acids is 1. The molecule has 96 valence electrons. The topological polar surface area (TPSA) is 98.3 Å². The molecule has 1 amide bonds. The first-order chi connectivity index (χ1) is 8.45. The molecule has 0 aliphatic heterocycles. The third kappa shape index (κ3) is 3.54. The smallest absolute Gasteiger partial charge is 0.292 e. The molecule has 3 N–H and O–H groups in total.